The average Bonchev–Trinajstić information content (AvgIpc) is 2.75. The van der Waals surface area contributed by atoms with Gasteiger partial charge in [0.2, 0.25) is 15.9 Å². The number of rotatable bonds is 6. The molecule has 0 spiro atoms. The minimum atomic E-state index is -3.48. The van der Waals surface area contributed by atoms with E-state index in [9.17, 15) is 17.6 Å². The summed E-state index contributed by atoms with van der Waals surface area (Å²) < 4.78 is 39.7. The number of hydrogen-bond donors (Lipinski definition) is 1. The highest BCUT2D eigenvalue weighted by atomic mass is 35.5. The van der Waals surface area contributed by atoms with Crippen LogP contribution < -0.4 is 4.72 Å². The summed E-state index contributed by atoms with van der Waals surface area (Å²) >= 11 is 6.09. The Kier molecular flexibility index (Phi) is 7.25. The number of amides is 1. The smallest absolute Gasteiger partial charge is 0.246 e. The predicted molar refractivity (Wildman–Crippen MR) is 115 cm³/mol. The van der Waals surface area contributed by atoms with Gasteiger partial charge in [0, 0.05) is 49.4 Å². The molecular formula is C21H23ClFN3O3S. The minimum Gasteiger partial charge on any atom is -0.337 e. The van der Waals surface area contributed by atoms with Crippen molar-refractivity contribution in [1.29, 1.82) is 0 Å². The zero-order valence-electron chi connectivity index (χ0n) is 16.5. The van der Waals surface area contributed by atoms with E-state index in [-0.39, 0.29) is 16.6 Å². The Hall–Kier alpha value is -2.26. The van der Waals surface area contributed by atoms with E-state index in [2.05, 4.69) is 9.62 Å². The lowest BCUT2D eigenvalue weighted by molar-refractivity contribution is -0.127. The maximum absolute atomic E-state index is 14.0. The molecule has 0 aliphatic carbocycles. The molecule has 0 saturated carbocycles. The third-order valence-corrected chi connectivity index (χ3v) is 6.79. The molecule has 1 N–H and O–H groups in total. The van der Waals surface area contributed by atoms with Crippen LogP contribution in [0.3, 0.4) is 0 Å². The Labute approximate surface area is 181 Å². The van der Waals surface area contributed by atoms with Crippen LogP contribution in [0.5, 0.6) is 0 Å². The van der Waals surface area contributed by atoms with E-state index >= 15 is 0 Å². The summed E-state index contributed by atoms with van der Waals surface area (Å²) in [7, 11) is -2.13. The number of hydrogen-bond acceptors (Lipinski definition) is 4. The van der Waals surface area contributed by atoms with Gasteiger partial charge in [0.15, 0.2) is 0 Å². The van der Waals surface area contributed by atoms with E-state index in [4.69, 9.17) is 11.6 Å². The number of carbonyl (C=O) groups is 1. The van der Waals surface area contributed by atoms with E-state index in [1.807, 2.05) is 0 Å². The standard InChI is InChI=1S/C21H23ClFN3O3S/c1-24-30(28,29)17-8-5-16(6-9-17)7-10-21(27)26-13-11-25(12-14-26)15-18-19(22)3-2-4-20(18)23/h2-10,24H,11-15H2,1H3/b10-7+. The van der Waals surface area contributed by atoms with E-state index < -0.39 is 10.0 Å². The Morgan fingerprint density at radius 2 is 1.80 bits per heavy atom. The number of carbonyl (C=O) groups excluding carboxylic acids is 1. The van der Waals surface area contributed by atoms with Gasteiger partial charge in [-0.3, -0.25) is 9.69 Å². The number of piperazine rings is 1. The van der Waals surface area contributed by atoms with Crippen LogP contribution in [0.15, 0.2) is 53.4 Å². The van der Waals surface area contributed by atoms with Gasteiger partial charge in [0.25, 0.3) is 0 Å². The van der Waals surface area contributed by atoms with Crippen LogP contribution in [-0.4, -0.2) is 57.4 Å². The van der Waals surface area contributed by atoms with Crippen molar-refractivity contribution in [3.8, 4) is 0 Å². The summed E-state index contributed by atoms with van der Waals surface area (Å²) in [5, 5.41) is 0.407. The van der Waals surface area contributed by atoms with Crippen LogP contribution in [-0.2, 0) is 21.4 Å². The molecule has 1 heterocycles. The number of nitrogens with one attached hydrogen (secondary N) is 1. The van der Waals surface area contributed by atoms with Crippen LogP contribution >= 0.6 is 11.6 Å². The average molecular weight is 452 g/mol. The molecule has 1 aliphatic rings. The lowest BCUT2D eigenvalue weighted by atomic mass is 10.1. The van der Waals surface area contributed by atoms with Gasteiger partial charge >= 0.3 is 0 Å². The van der Waals surface area contributed by atoms with Gasteiger partial charge in [-0.1, -0.05) is 29.8 Å². The summed E-state index contributed by atoms with van der Waals surface area (Å²) in [5.74, 6) is -0.442. The van der Waals surface area contributed by atoms with Crippen molar-refractivity contribution >= 4 is 33.6 Å². The second-order valence-electron chi connectivity index (χ2n) is 6.91. The van der Waals surface area contributed by atoms with Gasteiger partial charge in [-0.15, -0.1) is 0 Å². The van der Waals surface area contributed by atoms with Gasteiger partial charge in [0.1, 0.15) is 5.82 Å². The molecule has 0 atom stereocenters. The molecule has 6 nitrogen and oxygen atoms in total. The lowest BCUT2D eigenvalue weighted by Crippen LogP contribution is -2.47. The molecule has 1 fully saturated rings. The molecule has 1 saturated heterocycles. The van der Waals surface area contributed by atoms with E-state index in [0.29, 0.717) is 43.3 Å². The second-order valence-corrected chi connectivity index (χ2v) is 9.21. The van der Waals surface area contributed by atoms with Crippen molar-refractivity contribution in [3.63, 3.8) is 0 Å². The molecule has 0 aromatic heterocycles. The topological polar surface area (TPSA) is 69.7 Å². The molecule has 0 bridgehead atoms. The third kappa shape index (κ3) is 5.46. The van der Waals surface area contributed by atoms with E-state index in [1.54, 1.807) is 35.2 Å². The first-order chi connectivity index (χ1) is 14.3. The minimum absolute atomic E-state index is 0.120. The van der Waals surface area contributed by atoms with Crippen LogP contribution in [0.2, 0.25) is 5.02 Å². The Morgan fingerprint density at radius 3 is 2.40 bits per heavy atom. The zero-order valence-corrected chi connectivity index (χ0v) is 18.1. The molecule has 2 aromatic carbocycles. The molecule has 2 aromatic rings. The van der Waals surface area contributed by atoms with Crippen LogP contribution in [0.4, 0.5) is 4.39 Å². The maximum atomic E-state index is 14.0. The Bertz CT molecular complexity index is 1010. The molecule has 1 amide bonds. The summed E-state index contributed by atoms with van der Waals surface area (Å²) in [4.78, 5) is 16.4. The van der Waals surface area contributed by atoms with Crippen molar-refractivity contribution in [3.05, 3.63) is 70.5 Å². The van der Waals surface area contributed by atoms with Gasteiger partial charge in [-0.2, -0.15) is 0 Å². The quantitative estimate of drug-likeness (QED) is 0.686. The van der Waals surface area contributed by atoms with Gasteiger partial charge in [-0.05, 0) is 43.0 Å². The van der Waals surface area contributed by atoms with Gasteiger partial charge in [-0.25, -0.2) is 17.5 Å². The molecule has 0 radical (unpaired) electrons. The van der Waals surface area contributed by atoms with Crippen LogP contribution in [0, 0.1) is 5.82 Å². The normalized spacial score (nSPS) is 15.6. The zero-order chi connectivity index (χ0) is 21.7. The highest BCUT2D eigenvalue weighted by Crippen LogP contribution is 2.21. The summed E-state index contributed by atoms with van der Waals surface area (Å²) in [6.45, 7) is 2.73. The predicted octanol–water partition coefficient (Wildman–Crippen LogP) is 2.74. The van der Waals surface area contributed by atoms with Crippen LogP contribution in [0.1, 0.15) is 11.1 Å². The van der Waals surface area contributed by atoms with Crippen molar-refractivity contribution in [2.75, 3.05) is 33.2 Å². The molecular weight excluding hydrogens is 429 g/mol. The van der Waals surface area contributed by atoms with Crippen molar-refractivity contribution in [1.82, 2.24) is 14.5 Å². The first-order valence-electron chi connectivity index (χ1n) is 9.46. The number of sulfonamides is 1. The Morgan fingerprint density at radius 1 is 1.13 bits per heavy atom. The summed E-state index contributed by atoms with van der Waals surface area (Å²) in [6.07, 6.45) is 3.13. The molecule has 30 heavy (non-hydrogen) atoms. The monoisotopic (exact) mass is 451 g/mol. The number of benzene rings is 2. The highest BCUT2D eigenvalue weighted by Gasteiger charge is 2.21. The second kappa shape index (κ2) is 9.70. The van der Waals surface area contributed by atoms with E-state index in [0.717, 1.165) is 5.56 Å². The fraction of sp³-hybridized carbons (Fsp3) is 0.286. The van der Waals surface area contributed by atoms with Gasteiger partial charge < -0.3 is 4.90 Å². The summed E-state index contributed by atoms with van der Waals surface area (Å²) in [5.41, 5.74) is 1.20. The molecule has 3 rings (SSSR count). The number of nitrogens with zero attached hydrogens (tertiary/aromatic N) is 2. The van der Waals surface area contributed by atoms with Crippen molar-refractivity contribution in [2.45, 2.75) is 11.4 Å². The molecule has 1 aliphatic heterocycles. The molecule has 9 heteroatoms. The number of halogens is 2. The van der Waals surface area contributed by atoms with Crippen molar-refractivity contribution in [2.24, 2.45) is 0 Å². The molecule has 0 unspecified atom stereocenters. The largest absolute Gasteiger partial charge is 0.337 e. The molecule has 160 valence electrons. The van der Waals surface area contributed by atoms with Gasteiger partial charge in [0.05, 0.1) is 4.90 Å². The third-order valence-electron chi connectivity index (χ3n) is 5.00. The lowest BCUT2D eigenvalue weighted by Gasteiger charge is -2.34. The SMILES string of the molecule is CNS(=O)(=O)c1ccc(/C=C/C(=O)N2CCN(Cc3c(F)cccc3Cl)CC2)cc1. The Balaban J connectivity index is 1.54. The maximum Gasteiger partial charge on any atom is 0.246 e. The van der Waals surface area contributed by atoms with Crippen molar-refractivity contribution < 1.29 is 17.6 Å². The first-order valence-corrected chi connectivity index (χ1v) is 11.3. The summed E-state index contributed by atoms with van der Waals surface area (Å²) in [6, 6.07) is 10.9. The van der Waals surface area contributed by atoms with E-state index in [1.165, 1.54) is 31.3 Å². The highest BCUT2D eigenvalue weighted by molar-refractivity contribution is 7.89. The fourth-order valence-electron chi connectivity index (χ4n) is 3.18. The van der Waals surface area contributed by atoms with Crippen LogP contribution in [0.25, 0.3) is 6.08 Å². The fourth-order valence-corrected chi connectivity index (χ4v) is 4.14. The first kappa shape index (κ1) is 22.4.